The van der Waals surface area contributed by atoms with Crippen LogP contribution in [0.3, 0.4) is 0 Å². The summed E-state index contributed by atoms with van der Waals surface area (Å²) in [5.41, 5.74) is 0.0121. The molecule has 1 aromatic carbocycles. The van der Waals surface area contributed by atoms with Crippen LogP contribution in [0.25, 0.3) is 6.08 Å². The first kappa shape index (κ1) is 17.6. The van der Waals surface area contributed by atoms with Gasteiger partial charge in [0.25, 0.3) is 0 Å². The Labute approximate surface area is 131 Å². The zero-order chi connectivity index (χ0) is 16.9. The number of rotatable bonds is 5. The normalized spacial score (nSPS) is 11.6. The summed E-state index contributed by atoms with van der Waals surface area (Å²) in [7, 11) is 4.52. The highest BCUT2D eigenvalue weighted by Gasteiger charge is 2.25. The van der Waals surface area contributed by atoms with Crippen LogP contribution in [0, 0.1) is 16.7 Å². The molecule has 0 unspecified atom stereocenters. The summed E-state index contributed by atoms with van der Waals surface area (Å²) in [6.07, 6.45) is 1.51. The lowest BCUT2D eigenvalue weighted by Crippen LogP contribution is -2.21. The molecule has 0 saturated heterocycles. The molecule has 118 valence electrons. The van der Waals surface area contributed by atoms with Gasteiger partial charge in [0.2, 0.25) is 5.75 Å². The number of hydrogen-bond donors (Lipinski definition) is 0. The van der Waals surface area contributed by atoms with E-state index >= 15 is 0 Å². The molecule has 0 N–H and O–H groups in total. The van der Waals surface area contributed by atoms with Gasteiger partial charge in [-0.05, 0) is 18.2 Å². The van der Waals surface area contributed by atoms with Crippen LogP contribution in [0.1, 0.15) is 26.3 Å². The van der Waals surface area contributed by atoms with E-state index < -0.39 is 5.41 Å². The highest BCUT2D eigenvalue weighted by atomic mass is 16.5. The fourth-order valence-corrected chi connectivity index (χ4v) is 1.95. The molecule has 1 rings (SSSR count). The smallest absolute Gasteiger partial charge is 0.203 e. The number of methoxy groups -OCH3 is 3. The number of nitrogens with zero attached hydrogens (tertiary/aromatic N) is 1. The lowest BCUT2D eigenvalue weighted by atomic mass is 9.86. The van der Waals surface area contributed by atoms with E-state index in [-0.39, 0.29) is 11.4 Å². The molecule has 22 heavy (non-hydrogen) atoms. The molecule has 0 aliphatic carbocycles. The Hall–Kier alpha value is -2.48. The summed E-state index contributed by atoms with van der Waals surface area (Å²) in [6, 6.07) is 5.37. The van der Waals surface area contributed by atoms with Crippen molar-refractivity contribution >= 4 is 11.9 Å². The number of carbonyl (C=O) groups excluding carboxylic acids is 1. The van der Waals surface area contributed by atoms with E-state index in [1.165, 1.54) is 27.4 Å². The molecule has 0 spiro atoms. The number of carbonyl (C=O) groups is 1. The van der Waals surface area contributed by atoms with Gasteiger partial charge in [0.1, 0.15) is 6.07 Å². The zero-order valence-electron chi connectivity index (χ0n) is 13.8. The minimum absolute atomic E-state index is 0.0676. The van der Waals surface area contributed by atoms with Gasteiger partial charge in [-0.1, -0.05) is 20.8 Å². The number of allylic oxidation sites excluding steroid dienone is 1. The average molecular weight is 303 g/mol. The first-order chi connectivity index (χ1) is 10.3. The molecule has 0 aliphatic rings. The number of benzene rings is 1. The van der Waals surface area contributed by atoms with Crippen LogP contribution in [0.2, 0.25) is 0 Å². The Morgan fingerprint density at radius 3 is 2.09 bits per heavy atom. The quantitative estimate of drug-likeness (QED) is 0.617. The maximum Gasteiger partial charge on any atom is 0.203 e. The average Bonchev–Trinajstić information content (AvgIpc) is 2.49. The van der Waals surface area contributed by atoms with Gasteiger partial charge < -0.3 is 14.2 Å². The Morgan fingerprint density at radius 1 is 1.09 bits per heavy atom. The van der Waals surface area contributed by atoms with Crippen molar-refractivity contribution in [2.24, 2.45) is 5.41 Å². The summed E-state index contributed by atoms with van der Waals surface area (Å²) in [6.45, 7) is 5.31. The third-order valence-corrected chi connectivity index (χ3v) is 3.08. The molecule has 0 amide bonds. The predicted molar refractivity (Wildman–Crippen MR) is 84.2 cm³/mol. The van der Waals surface area contributed by atoms with E-state index in [9.17, 15) is 10.1 Å². The summed E-state index contributed by atoms with van der Waals surface area (Å²) in [5, 5.41) is 9.28. The van der Waals surface area contributed by atoms with Crippen LogP contribution in [0.15, 0.2) is 17.7 Å². The van der Waals surface area contributed by atoms with Gasteiger partial charge in [-0.15, -0.1) is 0 Å². The van der Waals surface area contributed by atoms with Crippen LogP contribution in [-0.2, 0) is 4.79 Å². The molecule has 1 aromatic rings. The summed E-state index contributed by atoms with van der Waals surface area (Å²) in [4.78, 5) is 12.3. The fraction of sp³-hybridized carbons (Fsp3) is 0.412. The van der Waals surface area contributed by atoms with Crippen molar-refractivity contribution in [3.8, 4) is 23.3 Å². The van der Waals surface area contributed by atoms with Crippen molar-refractivity contribution in [2.75, 3.05) is 21.3 Å². The van der Waals surface area contributed by atoms with Crippen LogP contribution < -0.4 is 14.2 Å². The van der Waals surface area contributed by atoms with E-state index in [4.69, 9.17) is 14.2 Å². The van der Waals surface area contributed by atoms with Crippen molar-refractivity contribution in [2.45, 2.75) is 20.8 Å². The highest BCUT2D eigenvalue weighted by Crippen LogP contribution is 2.40. The summed E-state index contributed by atoms with van der Waals surface area (Å²) >= 11 is 0. The number of ketones is 1. The molecule has 0 aliphatic heterocycles. The van der Waals surface area contributed by atoms with Gasteiger partial charge in [-0.2, -0.15) is 5.26 Å². The first-order valence-corrected chi connectivity index (χ1v) is 6.75. The summed E-state index contributed by atoms with van der Waals surface area (Å²) < 4.78 is 15.9. The second kappa shape index (κ2) is 6.99. The van der Waals surface area contributed by atoms with E-state index in [1.54, 1.807) is 32.9 Å². The lowest BCUT2D eigenvalue weighted by Gasteiger charge is -2.17. The Bertz CT molecular complexity index is 633. The largest absolute Gasteiger partial charge is 0.493 e. The Morgan fingerprint density at radius 2 is 1.68 bits per heavy atom. The molecule has 0 bridgehead atoms. The maximum atomic E-state index is 12.3. The SMILES string of the molecule is COc1ccc(C=C(C#N)C(=O)C(C)(C)C)c(OC)c1OC. The van der Waals surface area contributed by atoms with Gasteiger partial charge in [0, 0.05) is 11.0 Å². The fourth-order valence-electron chi connectivity index (χ4n) is 1.95. The topological polar surface area (TPSA) is 68.5 Å². The van der Waals surface area contributed by atoms with Gasteiger partial charge >= 0.3 is 0 Å². The van der Waals surface area contributed by atoms with E-state index in [0.717, 1.165) is 0 Å². The van der Waals surface area contributed by atoms with Crippen molar-refractivity contribution in [1.29, 1.82) is 5.26 Å². The second-order valence-electron chi connectivity index (χ2n) is 5.67. The van der Waals surface area contributed by atoms with E-state index in [2.05, 4.69) is 0 Å². The maximum absolute atomic E-state index is 12.3. The van der Waals surface area contributed by atoms with Crippen molar-refractivity contribution < 1.29 is 19.0 Å². The summed E-state index contributed by atoms with van der Waals surface area (Å²) in [5.74, 6) is 1.11. The monoisotopic (exact) mass is 303 g/mol. The Kier molecular flexibility index (Phi) is 5.58. The minimum atomic E-state index is -0.634. The van der Waals surface area contributed by atoms with Crippen LogP contribution in [0.4, 0.5) is 0 Å². The van der Waals surface area contributed by atoms with Gasteiger partial charge in [0.15, 0.2) is 17.3 Å². The van der Waals surface area contributed by atoms with Crippen molar-refractivity contribution in [3.05, 3.63) is 23.3 Å². The third-order valence-electron chi connectivity index (χ3n) is 3.08. The first-order valence-electron chi connectivity index (χ1n) is 6.75. The Balaban J connectivity index is 3.47. The molecule has 5 nitrogen and oxygen atoms in total. The molecule has 0 heterocycles. The van der Waals surface area contributed by atoms with Crippen molar-refractivity contribution in [3.63, 3.8) is 0 Å². The standard InChI is InChI=1S/C17H21NO4/c1-17(2,3)16(19)12(10-18)9-11-7-8-13(20-4)15(22-6)14(11)21-5/h7-9H,1-6H3. The minimum Gasteiger partial charge on any atom is -0.493 e. The molecule has 0 radical (unpaired) electrons. The van der Waals surface area contributed by atoms with Crippen molar-refractivity contribution in [1.82, 2.24) is 0 Å². The van der Waals surface area contributed by atoms with Gasteiger partial charge in [-0.3, -0.25) is 4.79 Å². The number of hydrogen-bond acceptors (Lipinski definition) is 5. The number of nitriles is 1. The predicted octanol–water partition coefficient (Wildman–Crippen LogP) is 3.23. The number of Topliss-reactive ketones (excluding diaryl/α,β-unsaturated/α-hetero) is 1. The van der Waals surface area contributed by atoms with E-state index in [0.29, 0.717) is 22.8 Å². The second-order valence-corrected chi connectivity index (χ2v) is 5.67. The van der Waals surface area contributed by atoms with Gasteiger partial charge in [0.05, 0.1) is 26.9 Å². The molecular formula is C17H21NO4. The molecule has 0 fully saturated rings. The van der Waals surface area contributed by atoms with Crippen LogP contribution in [0.5, 0.6) is 17.2 Å². The lowest BCUT2D eigenvalue weighted by molar-refractivity contribution is -0.121. The van der Waals surface area contributed by atoms with Crippen LogP contribution >= 0.6 is 0 Å². The molecular weight excluding hydrogens is 282 g/mol. The third kappa shape index (κ3) is 3.59. The molecule has 0 atom stereocenters. The van der Waals surface area contributed by atoms with E-state index in [1.807, 2.05) is 6.07 Å². The highest BCUT2D eigenvalue weighted by molar-refractivity contribution is 6.06. The van der Waals surface area contributed by atoms with Gasteiger partial charge in [-0.25, -0.2) is 0 Å². The molecule has 5 heteroatoms. The zero-order valence-corrected chi connectivity index (χ0v) is 13.8. The molecule has 0 saturated carbocycles. The molecule has 0 aromatic heterocycles. The van der Waals surface area contributed by atoms with Crippen LogP contribution in [-0.4, -0.2) is 27.1 Å². The number of ether oxygens (including phenoxy) is 3.